The minimum Gasteiger partial charge on any atom is -0.676 e. The molecule has 1 rings (SSSR count). The third kappa shape index (κ3) is 15.5. The fourth-order valence-electron chi connectivity index (χ4n) is 1.26. The average molecular weight is 447 g/mol. The molecule has 0 aromatic heterocycles. The Labute approximate surface area is 120 Å². The number of carboxylic acid groups (broad SMARTS) is 2. The molecule has 112 valence electrons. The van der Waals surface area contributed by atoms with Crippen LogP contribution in [0.4, 0.5) is 0 Å². The molecule has 1 fully saturated rings. The van der Waals surface area contributed by atoms with E-state index < -0.39 is 18.4 Å². The largest absolute Gasteiger partial charge is 2.00 e. The number of hydrogen-bond donors (Lipinski definition) is 2. The maximum atomic E-state index is 9.43. The smallest absolute Gasteiger partial charge is 0.676 e. The van der Waals surface area contributed by atoms with Crippen LogP contribution in [0.2, 0.25) is 0 Å². The monoisotopic (exact) mass is 447 g/mol. The maximum absolute atomic E-state index is 9.43. The van der Waals surface area contributed by atoms with Crippen LogP contribution in [0, 0.1) is 0 Å². The number of hydrogen-bond acceptors (Lipinski definition) is 2. The Morgan fingerprint density at radius 3 is 1.33 bits per heavy atom. The maximum Gasteiger partial charge on any atom is 2.00 e. The zero-order valence-electron chi connectivity index (χ0n) is 9.72. The van der Waals surface area contributed by atoms with Crippen LogP contribution >= 0.6 is 0 Å². The van der Waals surface area contributed by atoms with E-state index in [0.717, 1.165) is 12.8 Å². The zero-order valence-corrected chi connectivity index (χ0v) is 12.0. The summed E-state index contributed by atoms with van der Waals surface area (Å²) in [5, 5.41) is 15.4. The molecule has 1 aliphatic carbocycles. The molecule has 0 aromatic carbocycles. The van der Waals surface area contributed by atoms with E-state index in [2.05, 4.69) is 0 Å². The summed E-state index contributed by atoms with van der Waals surface area (Å²) in [5.74, 6) is -2.62. The van der Waals surface area contributed by atoms with Crippen LogP contribution in [0.1, 0.15) is 32.1 Å². The normalized spacial score (nSPS) is 20.8. The van der Waals surface area contributed by atoms with Gasteiger partial charge in [0.05, 0.1) is 0 Å². The fourth-order valence-corrected chi connectivity index (χ4v) is 1.26. The van der Waals surface area contributed by atoms with Gasteiger partial charge in [-0.05, 0) is 0 Å². The molecule has 0 amide bonds. The van der Waals surface area contributed by atoms with Crippen LogP contribution in [0.5, 0.6) is 0 Å². The molecule has 2 atom stereocenters. The van der Waals surface area contributed by atoms with Crippen molar-refractivity contribution in [2.45, 2.75) is 44.2 Å². The number of carbonyl (C=O) groups is 2. The van der Waals surface area contributed by atoms with Crippen molar-refractivity contribution in [2.24, 2.45) is 0 Å². The van der Waals surface area contributed by atoms with Crippen molar-refractivity contribution in [3.05, 3.63) is 11.5 Å². The van der Waals surface area contributed by atoms with Gasteiger partial charge in [-0.3, -0.25) is 9.59 Å². The predicted octanol–water partition coefficient (Wildman–Crippen LogP) is 0.296. The van der Waals surface area contributed by atoms with E-state index in [1.807, 2.05) is 0 Å². The SMILES string of the molecule is O.O.O=C(O)CC(=O)O.[NH-]C1CCCCC1[NH-].[Pt+2]. The second-order valence-electron chi connectivity index (χ2n) is 3.46. The molecule has 18 heavy (non-hydrogen) atoms. The summed E-state index contributed by atoms with van der Waals surface area (Å²) in [5.41, 5.74) is 14.6. The van der Waals surface area contributed by atoms with Gasteiger partial charge in [0.15, 0.2) is 0 Å². The van der Waals surface area contributed by atoms with Crippen LogP contribution in [0.3, 0.4) is 0 Å². The number of rotatable bonds is 2. The van der Waals surface area contributed by atoms with Gasteiger partial charge in [-0.1, -0.05) is 25.7 Å². The van der Waals surface area contributed by atoms with Crippen LogP contribution in [0.25, 0.3) is 11.5 Å². The van der Waals surface area contributed by atoms with Gasteiger partial charge in [0.1, 0.15) is 6.42 Å². The summed E-state index contributed by atoms with van der Waals surface area (Å²) >= 11 is 0. The molecule has 8 nitrogen and oxygen atoms in total. The second kappa shape index (κ2) is 14.5. The molecule has 9 heteroatoms. The summed E-state index contributed by atoms with van der Waals surface area (Å²) < 4.78 is 0. The summed E-state index contributed by atoms with van der Waals surface area (Å²) in [6.45, 7) is 0. The van der Waals surface area contributed by atoms with Gasteiger partial charge in [0.2, 0.25) is 0 Å². The van der Waals surface area contributed by atoms with Crippen LogP contribution in [0.15, 0.2) is 0 Å². The first kappa shape index (κ1) is 26.1. The first-order chi connectivity index (χ1) is 6.93. The molecule has 0 saturated heterocycles. The van der Waals surface area contributed by atoms with E-state index in [4.69, 9.17) is 21.7 Å². The van der Waals surface area contributed by atoms with Crippen molar-refractivity contribution in [3.63, 3.8) is 0 Å². The molecular formula is C9H20N2O6Pt. The van der Waals surface area contributed by atoms with Gasteiger partial charge >= 0.3 is 33.0 Å². The van der Waals surface area contributed by atoms with Gasteiger partial charge in [0, 0.05) is 0 Å². The Balaban J connectivity index is -0.0000000942. The standard InChI is InChI=1S/C6H12N2.C3H4O4.2H2O.Pt/c7-5-3-1-2-4-6(5)8;4-2(5)1-3(6)7;;;/h5-8H,1-4H2;1H2,(H,4,5)(H,6,7);2*1H2;/q-2;;;;+2. The van der Waals surface area contributed by atoms with Gasteiger partial charge in [-0.25, -0.2) is 0 Å². The second-order valence-corrected chi connectivity index (χ2v) is 3.46. The van der Waals surface area contributed by atoms with E-state index >= 15 is 0 Å². The molecule has 1 saturated carbocycles. The summed E-state index contributed by atoms with van der Waals surface area (Å²) in [7, 11) is 0. The van der Waals surface area contributed by atoms with E-state index in [1.54, 1.807) is 0 Å². The summed E-state index contributed by atoms with van der Waals surface area (Å²) in [4.78, 5) is 18.9. The van der Waals surface area contributed by atoms with Gasteiger partial charge in [-0.15, -0.1) is 0 Å². The quantitative estimate of drug-likeness (QED) is 0.577. The van der Waals surface area contributed by atoms with Crippen LogP contribution in [-0.4, -0.2) is 45.2 Å². The molecule has 1 aliphatic rings. The van der Waals surface area contributed by atoms with Crippen molar-refractivity contribution < 1.29 is 51.8 Å². The van der Waals surface area contributed by atoms with Crippen molar-refractivity contribution in [1.82, 2.24) is 0 Å². The Morgan fingerprint density at radius 2 is 1.22 bits per heavy atom. The van der Waals surface area contributed by atoms with Crippen molar-refractivity contribution in [3.8, 4) is 0 Å². The molecular weight excluding hydrogens is 427 g/mol. The van der Waals surface area contributed by atoms with E-state index in [-0.39, 0.29) is 44.1 Å². The minimum atomic E-state index is -1.31. The first-order valence-corrected chi connectivity index (χ1v) is 4.79. The van der Waals surface area contributed by atoms with Crippen LogP contribution < -0.4 is 0 Å². The van der Waals surface area contributed by atoms with E-state index in [1.165, 1.54) is 12.8 Å². The van der Waals surface area contributed by atoms with Crippen molar-refractivity contribution >= 4 is 11.9 Å². The molecule has 0 spiro atoms. The van der Waals surface area contributed by atoms with E-state index in [0.29, 0.717) is 0 Å². The third-order valence-electron chi connectivity index (χ3n) is 2.07. The van der Waals surface area contributed by atoms with Gasteiger partial charge < -0.3 is 32.6 Å². The van der Waals surface area contributed by atoms with Crippen molar-refractivity contribution in [2.75, 3.05) is 0 Å². The Hall–Kier alpha value is -0.532. The Morgan fingerprint density at radius 1 is 0.944 bits per heavy atom. The summed E-state index contributed by atoms with van der Waals surface area (Å²) in [6, 6.07) is -0.160. The van der Waals surface area contributed by atoms with Gasteiger partial charge in [-0.2, -0.15) is 12.1 Å². The Bertz CT molecular complexity index is 207. The number of aliphatic carboxylic acids is 2. The molecule has 0 bridgehead atoms. The molecule has 0 aromatic rings. The van der Waals surface area contributed by atoms with Gasteiger partial charge in [0.25, 0.3) is 0 Å². The first-order valence-electron chi connectivity index (χ1n) is 4.79. The fraction of sp³-hybridized carbons (Fsp3) is 0.778. The molecule has 8 N–H and O–H groups in total. The third-order valence-corrected chi connectivity index (χ3v) is 2.07. The summed E-state index contributed by atoms with van der Waals surface area (Å²) in [6.07, 6.45) is 3.44. The Kier molecular flexibility index (Phi) is 21.1. The van der Waals surface area contributed by atoms with Crippen molar-refractivity contribution in [1.29, 1.82) is 0 Å². The molecule has 0 heterocycles. The zero-order chi connectivity index (χ0) is 11.8. The number of nitrogens with one attached hydrogen (secondary N) is 2. The molecule has 0 radical (unpaired) electrons. The average Bonchev–Trinajstić information content (AvgIpc) is 2.08. The minimum absolute atomic E-state index is 0. The van der Waals surface area contributed by atoms with E-state index in [9.17, 15) is 9.59 Å². The topological polar surface area (TPSA) is 185 Å². The number of carboxylic acids is 2. The molecule has 2 unspecified atom stereocenters. The molecule has 0 aliphatic heterocycles. The van der Waals surface area contributed by atoms with Crippen LogP contribution in [-0.2, 0) is 30.7 Å². The predicted molar refractivity (Wildman–Crippen MR) is 61.8 cm³/mol.